The maximum atomic E-state index is 13.2. The van der Waals surface area contributed by atoms with E-state index in [4.69, 9.17) is 14.7 Å². The van der Waals surface area contributed by atoms with Gasteiger partial charge in [0, 0.05) is 18.3 Å². The maximum absolute atomic E-state index is 13.2. The average Bonchev–Trinajstić information content (AvgIpc) is 3.22. The van der Waals surface area contributed by atoms with Crippen molar-refractivity contribution in [1.29, 1.82) is 5.26 Å². The van der Waals surface area contributed by atoms with Crippen molar-refractivity contribution in [2.24, 2.45) is 11.8 Å². The molecule has 0 amide bonds. The van der Waals surface area contributed by atoms with E-state index in [1.807, 2.05) is 49.2 Å². The molecular weight excluding hydrogens is 472 g/mol. The fourth-order valence-corrected chi connectivity index (χ4v) is 5.56. The van der Waals surface area contributed by atoms with Crippen molar-refractivity contribution in [2.75, 3.05) is 37.8 Å². The van der Waals surface area contributed by atoms with Crippen LogP contribution in [0.4, 0.5) is 0 Å². The standard InChI is InChI=1S/C25H28N2O5S2/c1-4-31-23(29)15-32-25-21(33-5-2)9-18(10-22(25)34-6-3)20(28)14-27-12-17-8-7-16(11-26)24(30)19(17)13-27/h7-10,12,16,19H,4-6,13-15H2,1-3H3. The zero-order valence-corrected chi connectivity index (χ0v) is 21.2. The molecule has 0 saturated heterocycles. The minimum Gasteiger partial charge on any atom is -0.480 e. The highest BCUT2D eigenvalue weighted by atomic mass is 32.2. The molecule has 0 saturated carbocycles. The first-order chi connectivity index (χ1) is 16.4. The molecule has 2 unspecified atom stereocenters. The number of esters is 1. The minimum atomic E-state index is -0.720. The Morgan fingerprint density at radius 3 is 2.44 bits per heavy atom. The summed E-state index contributed by atoms with van der Waals surface area (Å²) in [5.41, 5.74) is 1.40. The number of hydrogen-bond donors (Lipinski definition) is 0. The van der Waals surface area contributed by atoms with Crippen LogP contribution in [0.5, 0.6) is 5.75 Å². The Kier molecular flexibility index (Phi) is 9.25. The predicted octanol–water partition coefficient (Wildman–Crippen LogP) is 4.13. The Bertz CT molecular complexity index is 1030. The minimum absolute atomic E-state index is 0.0726. The summed E-state index contributed by atoms with van der Waals surface area (Å²) >= 11 is 3.10. The number of nitriles is 1. The lowest BCUT2D eigenvalue weighted by molar-refractivity contribution is -0.145. The first kappa shape index (κ1) is 25.9. The molecule has 0 N–H and O–H groups in total. The van der Waals surface area contributed by atoms with Crippen molar-refractivity contribution < 1.29 is 23.9 Å². The highest BCUT2D eigenvalue weighted by molar-refractivity contribution is 8.00. The van der Waals surface area contributed by atoms with E-state index in [1.54, 1.807) is 36.5 Å². The Morgan fingerprint density at radius 2 is 1.85 bits per heavy atom. The monoisotopic (exact) mass is 500 g/mol. The number of fused-ring (bicyclic) bond motifs is 1. The van der Waals surface area contributed by atoms with Gasteiger partial charge in [0.1, 0.15) is 11.7 Å². The fourth-order valence-electron chi connectivity index (χ4n) is 3.86. The molecule has 1 aromatic carbocycles. The second kappa shape index (κ2) is 12.1. The molecule has 0 aromatic heterocycles. The third-order valence-electron chi connectivity index (χ3n) is 5.35. The highest BCUT2D eigenvalue weighted by Crippen LogP contribution is 2.40. The lowest BCUT2D eigenvalue weighted by Crippen LogP contribution is -2.31. The summed E-state index contributed by atoms with van der Waals surface area (Å²) in [6.07, 6.45) is 5.27. The number of carbonyl (C=O) groups is 3. The molecular formula is C25H28N2O5S2. The topological polar surface area (TPSA) is 96.7 Å². The Labute approximate surface area is 208 Å². The second-order valence-electron chi connectivity index (χ2n) is 7.66. The lowest BCUT2D eigenvalue weighted by Gasteiger charge is -2.20. The van der Waals surface area contributed by atoms with Crippen molar-refractivity contribution in [3.05, 3.63) is 41.6 Å². The normalized spacial score (nSPS) is 18.8. The van der Waals surface area contributed by atoms with Crippen molar-refractivity contribution in [3.8, 4) is 11.8 Å². The fraction of sp³-hybridized carbons (Fsp3) is 0.440. The van der Waals surface area contributed by atoms with Crippen molar-refractivity contribution in [3.63, 3.8) is 0 Å². The first-order valence-electron chi connectivity index (χ1n) is 11.2. The van der Waals surface area contributed by atoms with Gasteiger partial charge in [0.15, 0.2) is 18.2 Å². The number of benzene rings is 1. The van der Waals surface area contributed by atoms with E-state index in [-0.39, 0.29) is 37.2 Å². The van der Waals surface area contributed by atoms with Crippen LogP contribution in [0.25, 0.3) is 0 Å². The smallest absolute Gasteiger partial charge is 0.344 e. The maximum Gasteiger partial charge on any atom is 0.344 e. The zero-order valence-electron chi connectivity index (χ0n) is 19.5. The van der Waals surface area contributed by atoms with Crippen LogP contribution in [0.3, 0.4) is 0 Å². The summed E-state index contributed by atoms with van der Waals surface area (Å²) < 4.78 is 10.8. The summed E-state index contributed by atoms with van der Waals surface area (Å²) in [5, 5.41) is 9.15. The van der Waals surface area contributed by atoms with Crippen LogP contribution in [-0.4, -0.2) is 60.2 Å². The number of hydrogen-bond acceptors (Lipinski definition) is 9. The van der Waals surface area contributed by atoms with E-state index >= 15 is 0 Å². The molecule has 1 aliphatic carbocycles. The molecule has 3 rings (SSSR count). The van der Waals surface area contributed by atoms with Crippen LogP contribution >= 0.6 is 23.5 Å². The van der Waals surface area contributed by atoms with Gasteiger partial charge in [0.25, 0.3) is 0 Å². The quantitative estimate of drug-likeness (QED) is 0.252. The summed E-state index contributed by atoms with van der Waals surface area (Å²) in [6.45, 7) is 6.40. The van der Waals surface area contributed by atoms with Gasteiger partial charge in [0.05, 0.1) is 34.9 Å². The molecule has 34 heavy (non-hydrogen) atoms. The summed E-state index contributed by atoms with van der Waals surface area (Å²) in [7, 11) is 0. The Hall–Kier alpha value is -2.70. The molecule has 1 heterocycles. The Morgan fingerprint density at radius 1 is 1.18 bits per heavy atom. The Balaban J connectivity index is 1.79. The van der Waals surface area contributed by atoms with Gasteiger partial charge in [-0.15, -0.1) is 23.5 Å². The summed E-state index contributed by atoms with van der Waals surface area (Å²) in [5.74, 6) is 0.440. The second-order valence-corrected chi connectivity index (χ2v) is 10.3. The van der Waals surface area contributed by atoms with Gasteiger partial charge >= 0.3 is 5.97 Å². The van der Waals surface area contributed by atoms with Crippen LogP contribution in [0.1, 0.15) is 31.1 Å². The molecule has 1 aliphatic heterocycles. The third kappa shape index (κ3) is 6.05. The van der Waals surface area contributed by atoms with Gasteiger partial charge < -0.3 is 14.4 Å². The largest absolute Gasteiger partial charge is 0.480 e. The number of ketones is 2. The molecule has 0 bridgehead atoms. The molecule has 180 valence electrons. The predicted molar refractivity (Wildman–Crippen MR) is 132 cm³/mol. The van der Waals surface area contributed by atoms with Gasteiger partial charge in [-0.25, -0.2) is 4.79 Å². The number of nitrogens with zero attached hydrogens (tertiary/aromatic N) is 2. The molecule has 9 heteroatoms. The van der Waals surface area contributed by atoms with E-state index in [9.17, 15) is 14.4 Å². The van der Waals surface area contributed by atoms with E-state index in [1.165, 1.54) is 0 Å². The van der Waals surface area contributed by atoms with Crippen LogP contribution in [0.15, 0.2) is 45.8 Å². The molecule has 0 radical (unpaired) electrons. The van der Waals surface area contributed by atoms with Crippen LogP contribution in [-0.2, 0) is 14.3 Å². The molecule has 2 atom stereocenters. The summed E-state index contributed by atoms with van der Waals surface area (Å²) in [6, 6.07) is 5.64. The number of Topliss-reactive ketones (excluding diaryl/α,β-unsaturated/α-hetero) is 2. The first-order valence-corrected chi connectivity index (χ1v) is 13.2. The van der Waals surface area contributed by atoms with E-state index in [2.05, 4.69) is 0 Å². The zero-order chi connectivity index (χ0) is 24.7. The van der Waals surface area contributed by atoms with Gasteiger partial charge in [0.2, 0.25) is 0 Å². The lowest BCUT2D eigenvalue weighted by atomic mass is 9.84. The van der Waals surface area contributed by atoms with Crippen molar-refractivity contribution >= 4 is 41.1 Å². The van der Waals surface area contributed by atoms with Crippen LogP contribution < -0.4 is 4.74 Å². The SMILES string of the molecule is CCOC(=O)COc1c(SCC)cc(C(=O)CN2C=C3C=CC(C#N)C(=O)C3C2)cc1SCC. The average molecular weight is 501 g/mol. The third-order valence-corrected chi connectivity index (χ3v) is 7.16. The highest BCUT2D eigenvalue weighted by Gasteiger charge is 2.36. The number of ether oxygens (including phenoxy) is 2. The van der Waals surface area contributed by atoms with Gasteiger partial charge in [-0.2, -0.15) is 5.26 Å². The number of rotatable bonds is 11. The van der Waals surface area contributed by atoms with Crippen LogP contribution in [0, 0.1) is 23.2 Å². The number of carbonyl (C=O) groups excluding carboxylic acids is 3. The van der Waals surface area contributed by atoms with Gasteiger partial charge in [-0.3, -0.25) is 9.59 Å². The van der Waals surface area contributed by atoms with E-state index < -0.39 is 11.9 Å². The van der Waals surface area contributed by atoms with Crippen molar-refractivity contribution in [1.82, 2.24) is 4.90 Å². The molecule has 0 spiro atoms. The van der Waals surface area contributed by atoms with Crippen LogP contribution in [0.2, 0.25) is 0 Å². The number of thioether (sulfide) groups is 2. The van der Waals surface area contributed by atoms with Gasteiger partial charge in [-0.1, -0.05) is 26.0 Å². The molecule has 1 aromatic rings. The summed E-state index contributed by atoms with van der Waals surface area (Å²) in [4.78, 5) is 41.0. The van der Waals surface area contributed by atoms with Crippen molar-refractivity contribution in [2.45, 2.75) is 30.6 Å². The van der Waals surface area contributed by atoms with Gasteiger partial charge in [-0.05, 0) is 36.1 Å². The molecule has 0 fully saturated rings. The van der Waals surface area contributed by atoms with E-state index in [0.29, 0.717) is 17.9 Å². The molecule has 7 nitrogen and oxygen atoms in total. The van der Waals surface area contributed by atoms with E-state index in [0.717, 1.165) is 26.9 Å². The molecule has 2 aliphatic rings. The number of allylic oxidation sites excluding steroid dienone is 2.